The molecule has 1 saturated heterocycles. The second-order valence-corrected chi connectivity index (χ2v) is 7.89. The zero-order chi connectivity index (χ0) is 22.2. The Labute approximate surface area is 184 Å². The van der Waals surface area contributed by atoms with Crippen LogP contribution in [0.3, 0.4) is 0 Å². The smallest absolute Gasteiger partial charge is 0.295 e. The number of pyridine rings is 1. The average molecular weight is 423 g/mol. The van der Waals surface area contributed by atoms with Gasteiger partial charge < -0.3 is 15.0 Å². The number of hydrogen-bond acceptors (Lipinski definition) is 4. The maximum Gasteiger partial charge on any atom is 0.295 e. The van der Waals surface area contributed by atoms with E-state index < -0.39 is 17.7 Å². The Bertz CT molecular complexity index is 1370. The Morgan fingerprint density at radius 1 is 1.06 bits per heavy atom. The quantitative estimate of drug-likeness (QED) is 0.288. The van der Waals surface area contributed by atoms with Crippen molar-refractivity contribution in [2.75, 3.05) is 0 Å². The van der Waals surface area contributed by atoms with E-state index in [-0.39, 0.29) is 17.9 Å². The summed E-state index contributed by atoms with van der Waals surface area (Å²) in [6.07, 6.45) is 5.00. The average Bonchev–Trinajstić information content (AvgIpc) is 3.35. The molecule has 0 saturated carbocycles. The Morgan fingerprint density at radius 3 is 2.62 bits per heavy atom. The molecule has 0 radical (unpaired) electrons. The highest BCUT2D eigenvalue weighted by Crippen LogP contribution is 2.42. The molecule has 1 amide bonds. The summed E-state index contributed by atoms with van der Waals surface area (Å²) in [4.78, 5) is 35.2. The van der Waals surface area contributed by atoms with Gasteiger partial charge in [0.2, 0.25) is 0 Å². The van der Waals surface area contributed by atoms with Crippen LogP contribution in [0.5, 0.6) is 0 Å². The number of benzene rings is 2. The molecule has 0 aliphatic carbocycles. The first-order valence-electron chi connectivity index (χ1n) is 10.4. The number of ketones is 1. The van der Waals surface area contributed by atoms with Crippen molar-refractivity contribution in [3.63, 3.8) is 0 Å². The molecule has 2 aromatic heterocycles. The van der Waals surface area contributed by atoms with Crippen molar-refractivity contribution >= 4 is 28.4 Å². The van der Waals surface area contributed by atoms with E-state index in [9.17, 15) is 14.7 Å². The lowest BCUT2D eigenvalue weighted by molar-refractivity contribution is -0.140. The van der Waals surface area contributed by atoms with Crippen LogP contribution >= 0.6 is 0 Å². The SMILES string of the molecule is Cc1ccccc1C1/C(=C(\O)c2c[nH]c3ccccc23)C(=O)C(=O)N1Cc1cccnc1. The van der Waals surface area contributed by atoms with Crippen LogP contribution in [0.2, 0.25) is 0 Å². The number of likely N-dealkylation sites (tertiary alicyclic amines) is 1. The predicted molar refractivity (Wildman–Crippen MR) is 122 cm³/mol. The number of nitrogens with one attached hydrogen (secondary N) is 1. The van der Waals surface area contributed by atoms with E-state index in [2.05, 4.69) is 9.97 Å². The summed E-state index contributed by atoms with van der Waals surface area (Å²) in [5.41, 5.74) is 3.97. The molecular formula is C26H21N3O3. The summed E-state index contributed by atoms with van der Waals surface area (Å²) in [5.74, 6) is -1.50. The minimum absolute atomic E-state index is 0.0953. The number of H-pyrrole nitrogens is 1. The standard InChI is InChI=1S/C26H21N3O3/c1-16-7-2-3-9-18(16)23-22(24(30)20-14-28-21-11-5-4-10-19(20)21)25(31)26(32)29(23)15-17-8-6-12-27-13-17/h2-14,23,28,30H,15H2,1H3/b24-22+. The Hall–Kier alpha value is -4.19. The number of carbonyl (C=O) groups is 2. The number of nitrogens with zero attached hydrogens (tertiary/aromatic N) is 2. The highest BCUT2D eigenvalue weighted by molar-refractivity contribution is 6.46. The number of rotatable bonds is 4. The van der Waals surface area contributed by atoms with Gasteiger partial charge in [-0.2, -0.15) is 0 Å². The van der Waals surface area contributed by atoms with Gasteiger partial charge in [-0.1, -0.05) is 48.5 Å². The third kappa shape index (κ3) is 3.17. The van der Waals surface area contributed by atoms with Crippen molar-refractivity contribution in [2.45, 2.75) is 19.5 Å². The Balaban J connectivity index is 1.71. The first-order valence-corrected chi connectivity index (χ1v) is 10.4. The fourth-order valence-electron chi connectivity index (χ4n) is 4.36. The third-order valence-corrected chi connectivity index (χ3v) is 5.94. The second-order valence-electron chi connectivity index (χ2n) is 7.89. The summed E-state index contributed by atoms with van der Waals surface area (Å²) < 4.78 is 0. The van der Waals surface area contributed by atoms with E-state index >= 15 is 0 Å². The molecule has 158 valence electrons. The number of aliphatic hydroxyl groups excluding tert-OH is 1. The highest BCUT2D eigenvalue weighted by Gasteiger charge is 2.46. The molecule has 1 atom stereocenters. The molecule has 1 unspecified atom stereocenters. The molecule has 6 nitrogen and oxygen atoms in total. The number of para-hydroxylation sites is 1. The number of hydrogen-bond donors (Lipinski definition) is 2. The van der Waals surface area contributed by atoms with Gasteiger partial charge in [-0.15, -0.1) is 0 Å². The number of aliphatic hydroxyl groups is 1. The lowest BCUT2D eigenvalue weighted by Crippen LogP contribution is -2.29. The molecule has 32 heavy (non-hydrogen) atoms. The van der Waals surface area contributed by atoms with E-state index in [4.69, 9.17) is 0 Å². The lowest BCUT2D eigenvalue weighted by Gasteiger charge is -2.26. The van der Waals surface area contributed by atoms with E-state index in [1.807, 2.05) is 61.5 Å². The molecule has 4 aromatic rings. The van der Waals surface area contributed by atoms with Crippen molar-refractivity contribution in [3.8, 4) is 0 Å². The van der Waals surface area contributed by atoms with E-state index in [0.717, 1.165) is 27.6 Å². The van der Waals surface area contributed by atoms with Gasteiger partial charge in [0, 0.05) is 41.6 Å². The van der Waals surface area contributed by atoms with Gasteiger partial charge in [-0.3, -0.25) is 14.6 Å². The molecule has 1 aliphatic heterocycles. The number of aromatic amines is 1. The minimum atomic E-state index is -0.704. The topological polar surface area (TPSA) is 86.3 Å². The fraction of sp³-hybridized carbons (Fsp3) is 0.115. The number of Topliss-reactive ketones (excluding diaryl/α,β-unsaturated/α-hetero) is 1. The van der Waals surface area contributed by atoms with E-state index in [1.165, 1.54) is 4.90 Å². The van der Waals surface area contributed by atoms with Crippen molar-refractivity contribution in [1.82, 2.24) is 14.9 Å². The molecule has 5 rings (SSSR count). The summed E-state index contributed by atoms with van der Waals surface area (Å²) in [5, 5.41) is 12.1. The second kappa shape index (κ2) is 7.81. The van der Waals surface area contributed by atoms with Crippen LogP contribution in [0.1, 0.15) is 28.3 Å². The van der Waals surface area contributed by atoms with Gasteiger partial charge in [0.15, 0.2) is 0 Å². The molecule has 2 aromatic carbocycles. The number of aromatic nitrogens is 2. The van der Waals surface area contributed by atoms with Crippen LogP contribution in [0.4, 0.5) is 0 Å². The highest BCUT2D eigenvalue weighted by atomic mass is 16.3. The van der Waals surface area contributed by atoms with Crippen LogP contribution in [0.15, 0.2) is 84.8 Å². The molecule has 6 heteroatoms. The Kier molecular flexibility index (Phi) is 4.82. The van der Waals surface area contributed by atoms with Crippen molar-refractivity contribution in [1.29, 1.82) is 0 Å². The van der Waals surface area contributed by atoms with E-state index in [1.54, 1.807) is 24.7 Å². The minimum Gasteiger partial charge on any atom is -0.507 e. The summed E-state index contributed by atoms with van der Waals surface area (Å²) in [6, 6.07) is 18.1. The molecule has 1 aliphatic rings. The summed E-state index contributed by atoms with van der Waals surface area (Å²) in [6.45, 7) is 2.15. The summed E-state index contributed by atoms with van der Waals surface area (Å²) >= 11 is 0. The molecular weight excluding hydrogens is 402 g/mol. The monoisotopic (exact) mass is 423 g/mol. The van der Waals surface area contributed by atoms with Gasteiger partial charge in [-0.05, 0) is 35.7 Å². The van der Waals surface area contributed by atoms with Gasteiger partial charge in [0.05, 0.1) is 11.6 Å². The molecule has 1 fully saturated rings. The number of fused-ring (bicyclic) bond motifs is 1. The van der Waals surface area contributed by atoms with Gasteiger partial charge in [0.1, 0.15) is 5.76 Å². The van der Waals surface area contributed by atoms with Gasteiger partial charge in [-0.25, -0.2) is 0 Å². The van der Waals surface area contributed by atoms with Gasteiger partial charge in [0.25, 0.3) is 11.7 Å². The molecule has 3 heterocycles. The zero-order valence-corrected chi connectivity index (χ0v) is 17.4. The van der Waals surface area contributed by atoms with Crippen LogP contribution in [0, 0.1) is 6.92 Å². The number of carbonyl (C=O) groups excluding carboxylic acids is 2. The normalized spacial score (nSPS) is 17.9. The third-order valence-electron chi connectivity index (χ3n) is 5.94. The first kappa shape index (κ1) is 19.8. The lowest BCUT2D eigenvalue weighted by atomic mass is 9.92. The van der Waals surface area contributed by atoms with Crippen LogP contribution < -0.4 is 0 Å². The molecule has 2 N–H and O–H groups in total. The maximum absolute atomic E-state index is 13.2. The summed E-state index contributed by atoms with van der Waals surface area (Å²) in [7, 11) is 0. The van der Waals surface area contributed by atoms with E-state index in [0.29, 0.717) is 5.56 Å². The van der Waals surface area contributed by atoms with Crippen LogP contribution in [-0.4, -0.2) is 31.7 Å². The fourth-order valence-corrected chi connectivity index (χ4v) is 4.36. The largest absolute Gasteiger partial charge is 0.507 e. The zero-order valence-electron chi connectivity index (χ0n) is 17.4. The van der Waals surface area contributed by atoms with Crippen LogP contribution in [-0.2, 0) is 16.1 Å². The first-order chi connectivity index (χ1) is 15.6. The van der Waals surface area contributed by atoms with Gasteiger partial charge >= 0.3 is 0 Å². The maximum atomic E-state index is 13.2. The van der Waals surface area contributed by atoms with Crippen molar-refractivity contribution < 1.29 is 14.7 Å². The van der Waals surface area contributed by atoms with Crippen LogP contribution in [0.25, 0.3) is 16.7 Å². The molecule has 0 bridgehead atoms. The number of amides is 1. The Morgan fingerprint density at radius 2 is 1.84 bits per heavy atom. The van der Waals surface area contributed by atoms with Crippen molar-refractivity contribution in [3.05, 3.63) is 107 Å². The van der Waals surface area contributed by atoms with Crippen molar-refractivity contribution in [2.24, 2.45) is 0 Å². The number of aryl methyl sites for hydroxylation is 1. The molecule has 0 spiro atoms. The predicted octanol–water partition coefficient (Wildman–Crippen LogP) is 4.49.